The molecule has 0 bridgehead atoms. The molecule has 2 aromatic rings. The maximum absolute atomic E-state index is 6.34. The van der Waals surface area contributed by atoms with Gasteiger partial charge in [0, 0.05) is 30.6 Å². The molecule has 1 aliphatic heterocycles. The Morgan fingerprint density at radius 3 is 2.95 bits per heavy atom. The van der Waals surface area contributed by atoms with E-state index in [1.165, 1.54) is 19.5 Å². The first-order chi connectivity index (χ1) is 10.1. The molecule has 0 radical (unpaired) electrons. The van der Waals surface area contributed by atoms with Crippen LogP contribution in [0.1, 0.15) is 12.0 Å². The number of rotatable bonds is 4. The molecule has 0 amide bonds. The Kier molecular flexibility index (Phi) is 4.43. The number of fused-ring (bicyclic) bond motifs is 1. The van der Waals surface area contributed by atoms with Crippen LogP contribution in [0.3, 0.4) is 0 Å². The van der Waals surface area contributed by atoms with Gasteiger partial charge in [-0.25, -0.2) is 4.98 Å². The first-order valence-corrected chi connectivity index (χ1v) is 7.91. The highest BCUT2D eigenvalue weighted by Gasteiger charge is 2.21. The van der Waals surface area contributed by atoms with Crippen molar-refractivity contribution in [2.45, 2.75) is 13.0 Å². The summed E-state index contributed by atoms with van der Waals surface area (Å²) in [6.45, 7) is 4.40. The van der Waals surface area contributed by atoms with E-state index in [0.29, 0.717) is 5.15 Å². The van der Waals surface area contributed by atoms with Crippen LogP contribution in [0.4, 0.5) is 0 Å². The lowest BCUT2D eigenvalue weighted by atomic mass is 10.1. The summed E-state index contributed by atoms with van der Waals surface area (Å²) in [5, 5.41) is 1.79. The first-order valence-electron chi connectivity index (χ1n) is 7.53. The number of hydrogen-bond acceptors (Lipinski definition) is 3. The average Bonchev–Trinajstić information content (AvgIpc) is 2.85. The summed E-state index contributed by atoms with van der Waals surface area (Å²) in [5.74, 6) is 0.771. The van der Waals surface area contributed by atoms with Crippen molar-refractivity contribution in [1.29, 1.82) is 0 Å². The zero-order valence-corrected chi connectivity index (χ0v) is 13.5. The topological polar surface area (TPSA) is 19.4 Å². The molecule has 1 saturated heterocycles. The third-order valence-electron chi connectivity index (χ3n) is 4.25. The summed E-state index contributed by atoms with van der Waals surface area (Å²) in [7, 11) is 4.37. The molecule has 112 valence electrons. The van der Waals surface area contributed by atoms with Crippen molar-refractivity contribution in [1.82, 2.24) is 14.8 Å². The fraction of sp³-hybridized carbons (Fsp3) is 0.471. The minimum absolute atomic E-state index is 0.629. The standard InChI is InChI=1S/C17H22ClN3/c1-20-8-7-13(10-20)11-21(2)12-15-9-14-5-3-4-6-16(14)19-17(15)18/h3-6,9,13H,7-8,10-12H2,1-2H3. The fourth-order valence-corrected chi connectivity index (χ4v) is 3.42. The van der Waals surface area contributed by atoms with E-state index in [4.69, 9.17) is 11.6 Å². The predicted octanol–water partition coefficient (Wildman–Crippen LogP) is 3.27. The molecule has 0 N–H and O–H groups in total. The third-order valence-corrected chi connectivity index (χ3v) is 4.58. The maximum Gasteiger partial charge on any atom is 0.134 e. The summed E-state index contributed by atoms with van der Waals surface area (Å²) in [6.07, 6.45) is 1.30. The quantitative estimate of drug-likeness (QED) is 0.808. The van der Waals surface area contributed by atoms with Crippen molar-refractivity contribution in [2.75, 3.05) is 33.7 Å². The van der Waals surface area contributed by atoms with E-state index in [1.54, 1.807) is 0 Å². The first kappa shape index (κ1) is 14.8. The van der Waals surface area contributed by atoms with Crippen LogP contribution in [-0.4, -0.2) is 48.5 Å². The Bertz CT molecular complexity index is 628. The van der Waals surface area contributed by atoms with Gasteiger partial charge < -0.3 is 9.80 Å². The molecule has 1 atom stereocenters. The van der Waals surface area contributed by atoms with E-state index in [-0.39, 0.29) is 0 Å². The second-order valence-electron chi connectivity index (χ2n) is 6.24. The number of pyridine rings is 1. The number of halogens is 1. The van der Waals surface area contributed by atoms with Crippen LogP contribution < -0.4 is 0 Å². The molecule has 1 fully saturated rings. The Morgan fingerprint density at radius 1 is 1.38 bits per heavy atom. The van der Waals surface area contributed by atoms with Crippen molar-refractivity contribution in [2.24, 2.45) is 5.92 Å². The molecule has 3 nitrogen and oxygen atoms in total. The maximum atomic E-state index is 6.34. The van der Waals surface area contributed by atoms with Gasteiger partial charge in [-0.05, 0) is 45.1 Å². The number of hydrogen-bond donors (Lipinski definition) is 0. The number of nitrogens with zero attached hydrogens (tertiary/aromatic N) is 3. The molecular weight excluding hydrogens is 282 g/mol. The summed E-state index contributed by atoms with van der Waals surface area (Å²) in [4.78, 5) is 9.27. The van der Waals surface area contributed by atoms with Crippen LogP contribution >= 0.6 is 11.6 Å². The smallest absolute Gasteiger partial charge is 0.134 e. The van der Waals surface area contributed by atoms with Crippen LogP contribution in [0, 0.1) is 5.92 Å². The Balaban J connectivity index is 1.70. The molecule has 1 unspecified atom stereocenters. The van der Waals surface area contributed by atoms with Gasteiger partial charge in [0.2, 0.25) is 0 Å². The van der Waals surface area contributed by atoms with Crippen molar-refractivity contribution < 1.29 is 0 Å². The number of benzene rings is 1. The molecule has 0 spiro atoms. The van der Waals surface area contributed by atoms with Crippen molar-refractivity contribution >= 4 is 22.5 Å². The summed E-state index contributed by atoms with van der Waals surface area (Å²) in [6, 6.07) is 10.3. The Labute approximate surface area is 131 Å². The van der Waals surface area contributed by atoms with E-state index in [1.807, 2.05) is 18.2 Å². The van der Waals surface area contributed by atoms with E-state index in [0.717, 1.165) is 35.5 Å². The van der Waals surface area contributed by atoms with Crippen molar-refractivity contribution in [3.8, 4) is 0 Å². The molecule has 3 rings (SSSR count). The summed E-state index contributed by atoms with van der Waals surface area (Å²) < 4.78 is 0. The molecule has 21 heavy (non-hydrogen) atoms. The second-order valence-corrected chi connectivity index (χ2v) is 6.60. The molecule has 0 aliphatic carbocycles. The Morgan fingerprint density at radius 2 is 2.19 bits per heavy atom. The molecule has 1 aromatic carbocycles. The molecule has 4 heteroatoms. The highest BCUT2D eigenvalue weighted by molar-refractivity contribution is 6.30. The van der Waals surface area contributed by atoms with Crippen molar-refractivity contribution in [3.05, 3.63) is 41.0 Å². The summed E-state index contributed by atoms with van der Waals surface area (Å²) >= 11 is 6.34. The third kappa shape index (κ3) is 3.54. The lowest BCUT2D eigenvalue weighted by Crippen LogP contribution is -2.27. The monoisotopic (exact) mass is 303 g/mol. The van der Waals surface area contributed by atoms with Gasteiger partial charge in [0.15, 0.2) is 0 Å². The normalized spacial score (nSPS) is 19.7. The molecule has 0 saturated carbocycles. The SMILES string of the molecule is CN1CCC(CN(C)Cc2cc3ccccc3nc2Cl)C1. The van der Waals surface area contributed by atoms with E-state index >= 15 is 0 Å². The Hall–Kier alpha value is -1.16. The van der Waals surface area contributed by atoms with Gasteiger partial charge in [0.25, 0.3) is 0 Å². The highest BCUT2D eigenvalue weighted by Crippen LogP contribution is 2.22. The molecule has 1 aromatic heterocycles. The zero-order valence-electron chi connectivity index (χ0n) is 12.7. The lowest BCUT2D eigenvalue weighted by molar-refractivity contribution is 0.267. The van der Waals surface area contributed by atoms with Gasteiger partial charge >= 0.3 is 0 Å². The van der Waals surface area contributed by atoms with Gasteiger partial charge in [-0.1, -0.05) is 29.8 Å². The van der Waals surface area contributed by atoms with Crippen LogP contribution in [-0.2, 0) is 6.54 Å². The second kappa shape index (κ2) is 6.30. The van der Waals surface area contributed by atoms with Gasteiger partial charge in [0.05, 0.1) is 5.52 Å². The number of para-hydroxylation sites is 1. The summed E-state index contributed by atoms with van der Waals surface area (Å²) in [5.41, 5.74) is 2.08. The van der Waals surface area contributed by atoms with Gasteiger partial charge in [-0.2, -0.15) is 0 Å². The molecular formula is C17H22ClN3. The van der Waals surface area contributed by atoms with Crippen LogP contribution in [0.2, 0.25) is 5.15 Å². The van der Waals surface area contributed by atoms with E-state index < -0.39 is 0 Å². The minimum atomic E-state index is 0.629. The largest absolute Gasteiger partial charge is 0.306 e. The predicted molar refractivity (Wildman–Crippen MR) is 88.7 cm³/mol. The van der Waals surface area contributed by atoms with Gasteiger partial charge in [0.1, 0.15) is 5.15 Å². The van der Waals surface area contributed by atoms with Gasteiger partial charge in [-0.3, -0.25) is 0 Å². The number of likely N-dealkylation sites (tertiary alicyclic amines) is 1. The van der Waals surface area contributed by atoms with Crippen LogP contribution in [0.5, 0.6) is 0 Å². The number of aromatic nitrogens is 1. The van der Waals surface area contributed by atoms with Gasteiger partial charge in [-0.15, -0.1) is 0 Å². The zero-order chi connectivity index (χ0) is 14.8. The van der Waals surface area contributed by atoms with E-state index in [9.17, 15) is 0 Å². The lowest BCUT2D eigenvalue weighted by Gasteiger charge is -2.21. The van der Waals surface area contributed by atoms with Crippen LogP contribution in [0.15, 0.2) is 30.3 Å². The average molecular weight is 304 g/mol. The van der Waals surface area contributed by atoms with Crippen molar-refractivity contribution in [3.63, 3.8) is 0 Å². The van der Waals surface area contributed by atoms with E-state index in [2.05, 4.69) is 41.0 Å². The van der Waals surface area contributed by atoms with Crippen LogP contribution in [0.25, 0.3) is 10.9 Å². The minimum Gasteiger partial charge on any atom is -0.306 e. The highest BCUT2D eigenvalue weighted by atomic mass is 35.5. The fourth-order valence-electron chi connectivity index (χ4n) is 3.22. The molecule has 2 heterocycles. The molecule has 1 aliphatic rings.